The summed E-state index contributed by atoms with van der Waals surface area (Å²) in [6.45, 7) is 3.99. The van der Waals surface area contributed by atoms with Crippen molar-refractivity contribution in [2.24, 2.45) is 0 Å². The van der Waals surface area contributed by atoms with Gasteiger partial charge in [-0.2, -0.15) is 42.3 Å². The third-order valence-corrected chi connectivity index (χ3v) is 2.54. The number of imidazole rings is 1. The molecule has 1 N–H and O–H groups in total. The molecular weight excluding hydrogens is 273 g/mol. The Balaban J connectivity index is 0.00000128. The first-order chi connectivity index (χ1) is 7.40. The van der Waals surface area contributed by atoms with Crippen LogP contribution in [0.15, 0.2) is 36.8 Å². The van der Waals surface area contributed by atoms with Crippen molar-refractivity contribution in [2.75, 3.05) is 0 Å². The van der Waals surface area contributed by atoms with Crippen LogP contribution in [0.4, 0.5) is 0 Å². The summed E-state index contributed by atoms with van der Waals surface area (Å²) in [5.41, 5.74) is 2.38. The van der Waals surface area contributed by atoms with Crippen LogP contribution in [0.3, 0.4) is 0 Å². The monoisotopic (exact) mass is 287 g/mol. The Morgan fingerprint density at radius 3 is 2.88 bits per heavy atom. The maximum Gasteiger partial charge on any atom is 0.0921 e. The molecule has 2 nitrogen and oxygen atoms in total. The van der Waals surface area contributed by atoms with Gasteiger partial charge in [0.2, 0.25) is 0 Å². The van der Waals surface area contributed by atoms with E-state index in [2.05, 4.69) is 29.0 Å². The second kappa shape index (κ2) is 6.98. The number of hydrogen-bond acceptors (Lipinski definition) is 1. The summed E-state index contributed by atoms with van der Waals surface area (Å²) in [5.74, 6) is 0.423. The van der Waals surface area contributed by atoms with E-state index in [4.69, 9.17) is 0 Å². The van der Waals surface area contributed by atoms with E-state index in [0.29, 0.717) is 5.92 Å². The number of nitrogens with one attached hydrogen (secondary N) is 1. The fraction of sp³-hybridized carbons (Fsp3) is 0.231. The average molecular weight is 287 g/mol. The summed E-state index contributed by atoms with van der Waals surface area (Å²) in [6, 6.07) is 11.3. The molecule has 0 aliphatic carbocycles. The van der Waals surface area contributed by atoms with Gasteiger partial charge < -0.3 is 11.9 Å². The van der Waals surface area contributed by atoms with Crippen molar-refractivity contribution in [1.29, 1.82) is 0 Å². The van der Waals surface area contributed by atoms with E-state index in [0.717, 1.165) is 18.5 Å². The third-order valence-electron chi connectivity index (χ3n) is 2.54. The van der Waals surface area contributed by atoms with Crippen LogP contribution in [0, 0.1) is 13.0 Å². The molecule has 0 fully saturated rings. The van der Waals surface area contributed by atoms with Crippen molar-refractivity contribution >= 4 is 0 Å². The minimum absolute atomic E-state index is 0. The summed E-state index contributed by atoms with van der Waals surface area (Å²) >= 11 is 0. The second-order valence-corrected chi connectivity index (χ2v) is 3.58. The van der Waals surface area contributed by atoms with Crippen LogP contribution in [-0.2, 0) is 39.1 Å². The molecule has 1 aromatic carbocycles. The number of aromatic amines is 1. The molecule has 3 heteroatoms. The fourth-order valence-corrected chi connectivity index (χ4v) is 1.69. The minimum Gasteiger partial charge on any atom is -0.348 e. The van der Waals surface area contributed by atoms with E-state index >= 15 is 0 Å². The molecule has 0 aliphatic heterocycles. The van der Waals surface area contributed by atoms with Crippen molar-refractivity contribution in [3.8, 4) is 0 Å². The number of nitrogens with zero attached hydrogens (tertiary/aromatic N) is 1. The van der Waals surface area contributed by atoms with E-state index in [1.54, 1.807) is 6.33 Å². The molecule has 16 heavy (non-hydrogen) atoms. The molecule has 0 spiro atoms. The van der Waals surface area contributed by atoms with Crippen LogP contribution in [0.1, 0.15) is 23.6 Å². The summed E-state index contributed by atoms with van der Waals surface area (Å²) in [5, 5.41) is 0. The van der Waals surface area contributed by atoms with Gasteiger partial charge in [0.05, 0.1) is 6.33 Å². The second-order valence-electron chi connectivity index (χ2n) is 3.58. The molecule has 0 saturated carbocycles. The fourth-order valence-electron chi connectivity index (χ4n) is 1.69. The van der Waals surface area contributed by atoms with Crippen LogP contribution in [0.5, 0.6) is 0 Å². The molecule has 0 aliphatic rings. The predicted octanol–water partition coefficient (Wildman–Crippen LogP) is 2.76. The van der Waals surface area contributed by atoms with Crippen molar-refractivity contribution in [1.82, 2.24) is 9.97 Å². The van der Waals surface area contributed by atoms with Gasteiger partial charge in [-0.25, -0.2) is 4.98 Å². The maximum absolute atomic E-state index is 4.02. The van der Waals surface area contributed by atoms with Gasteiger partial charge in [-0.3, -0.25) is 0 Å². The zero-order chi connectivity index (χ0) is 10.5. The van der Waals surface area contributed by atoms with Crippen LogP contribution < -0.4 is 0 Å². The third kappa shape index (κ3) is 3.53. The average Bonchev–Trinajstić information content (AvgIpc) is 2.80. The Hall–Kier alpha value is -0.466. The first-order valence-corrected chi connectivity index (χ1v) is 5.13. The van der Waals surface area contributed by atoms with Gasteiger partial charge in [-0.15, -0.1) is 0 Å². The molecule has 1 aromatic heterocycles. The zero-order valence-electron chi connectivity index (χ0n) is 9.19. The van der Waals surface area contributed by atoms with Crippen molar-refractivity contribution in [2.45, 2.75) is 18.8 Å². The largest absolute Gasteiger partial charge is 0.348 e. The van der Waals surface area contributed by atoms with Gasteiger partial charge in [-0.05, 0) is 6.42 Å². The van der Waals surface area contributed by atoms with Crippen LogP contribution in [-0.4, -0.2) is 9.97 Å². The molecule has 1 radical (unpaired) electrons. The van der Waals surface area contributed by atoms with Crippen LogP contribution in [0.25, 0.3) is 0 Å². The number of benzene rings is 1. The smallest absolute Gasteiger partial charge is 0.0921 e. The molecule has 1 unspecified atom stereocenters. The minimum atomic E-state index is 0. The van der Waals surface area contributed by atoms with Crippen molar-refractivity contribution < 1.29 is 32.7 Å². The molecule has 0 saturated heterocycles. The van der Waals surface area contributed by atoms with Crippen molar-refractivity contribution in [3.63, 3.8) is 0 Å². The SMILES string of the molecule is [CH2-]CC(Cc1cnc[nH]1)c1[c-]cccc1.[Y]. The first kappa shape index (κ1) is 13.6. The summed E-state index contributed by atoms with van der Waals surface area (Å²) in [4.78, 5) is 7.14. The van der Waals surface area contributed by atoms with Crippen molar-refractivity contribution in [3.05, 3.63) is 61.0 Å². The Morgan fingerprint density at radius 1 is 1.44 bits per heavy atom. The molecule has 2 rings (SSSR count). The van der Waals surface area contributed by atoms with Crippen LogP contribution >= 0.6 is 0 Å². The Morgan fingerprint density at radius 2 is 2.31 bits per heavy atom. The molecule has 81 valence electrons. The standard InChI is InChI=1S/C13H14N2.Y/c1-2-11(8-13-9-14-10-15-13)12-6-4-3-5-7-12;/h3-6,9-11H,1-2,8H2,(H,14,15);/q-2;. The quantitative estimate of drug-likeness (QED) is 0.861. The van der Waals surface area contributed by atoms with E-state index in [-0.39, 0.29) is 32.7 Å². The van der Waals surface area contributed by atoms with Gasteiger partial charge in [0, 0.05) is 44.6 Å². The Kier molecular flexibility index (Phi) is 5.93. The summed E-state index contributed by atoms with van der Waals surface area (Å²) in [7, 11) is 0. The van der Waals surface area contributed by atoms with Gasteiger partial charge >= 0.3 is 0 Å². The summed E-state index contributed by atoms with van der Waals surface area (Å²) < 4.78 is 0. The number of H-pyrrole nitrogens is 1. The number of aromatic nitrogens is 2. The summed E-state index contributed by atoms with van der Waals surface area (Å²) in [6.07, 6.45) is 5.40. The Bertz CT molecular complexity index is 384. The van der Waals surface area contributed by atoms with Gasteiger partial charge in [0.1, 0.15) is 0 Å². The topological polar surface area (TPSA) is 28.7 Å². The molecule has 0 amide bonds. The van der Waals surface area contributed by atoms with Crippen LogP contribution in [0.2, 0.25) is 0 Å². The Labute approximate surface area is 122 Å². The normalized spacial score (nSPS) is 11.8. The maximum atomic E-state index is 4.02. The van der Waals surface area contributed by atoms with Gasteiger partial charge in [0.25, 0.3) is 0 Å². The molecule has 0 bridgehead atoms. The predicted molar refractivity (Wildman–Crippen MR) is 60.3 cm³/mol. The molecule has 1 heterocycles. The van der Waals surface area contributed by atoms with E-state index in [9.17, 15) is 0 Å². The first-order valence-electron chi connectivity index (χ1n) is 5.13. The van der Waals surface area contributed by atoms with Gasteiger partial charge in [-0.1, -0.05) is 5.92 Å². The van der Waals surface area contributed by atoms with E-state index in [1.165, 1.54) is 5.56 Å². The number of rotatable bonds is 4. The number of hydrogen-bond donors (Lipinski definition) is 1. The zero-order valence-corrected chi connectivity index (χ0v) is 12.0. The van der Waals surface area contributed by atoms with Gasteiger partial charge in [0.15, 0.2) is 0 Å². The van der Waals surface area contributed by atoms with E-state index in [1.807, 2.05) is 24.4 Å². The molecule has 2 aromatic rings. The van der Waals surface area contributed by atoms with E-state index < -0.39 is 0 Å². The molecular formula is C13H14N2Y-2. The molecule has 1 atom stereocenters.